The lowest BCUT2D eigenvalue weighted by atomic mass is 9.79. The Morgan fingerprint density at radius 2 is 1.91 bits per heavy atom. The SMILES string of the molecule is Cc1ccc2c(cnn2C2CCCCO2)c1-c1c(C#N)c(N2CCC3(CN(C(=O)OC(C)(C)C)C3)C2)cc2ccccc12. The second kappa shape index (κ2) is 10.3. The van der Waals surface area contributed by atoms with E-state index in [0.29, 0.717) is 18.7 Å². The molecule has 8 nitrogen and oxygen atoms in total. The Labute approximate surface area is 252 Å². The molecule has 0 bridgehead atoms. The molecule has 1 amide bonds. The minimum absolute atomic E-state index is 0.0203. The molecule has 7 rings (SSSR count). The maximum Gasteiger partial charge on any atom is 0.410 e. The van der Waals surface area contributed by atoms with Gasteiger partial charge in [0, 0.05) is 49.2 Å². The Kier molecular flexibility index (Phi) is 6.62. The van der Waals surface area contributed by atoms with E-state index < -0.39 is 5.60 Å². The molecule has 3 aromatic carbocycles. The third-order valence-electron chi connectivity index (χ3n) is 9.29. The number of rotatable bonds is 3. The number of likely N-dealkylation sites (tertiary alicyclic amines) is 1. The lowest BCUT2D eigenvalue weighted by Crippen LogP contribution is -2.60. The first-order valence-electron chi connectivity index (χ1n) is 15.4. The Hall–Kier alpha value is -4.09. The first-order valence-corrected chi connectivity index (χ1v) is 15.4. The highest BCUT2D eigenvalue weighted by Crippen LogP contribution is 2.47. The van der Waals surface area contributed by atoms with Gasteiger partial charge in [-0.05, 0) is 87.4 Å². The number of benzene rings is 3. The standard InChI is InChI=1S/C35H39N5O3/c1-23-12-13-28-27(19-37-40(28)30-11-7-8-16-42-30)31(23)32-25-10-6-5-9-24(25)17-29(26(32)18-36)38-15-14-35(20-38)21-39(22-35)33(41)43-34(2,3)4/h5-6,9-10,12-13,17,19,30H,7-8,11,14-16,20-22H2,1-4H3. The van der Waals surface area contributed by atoms with Gasteiger partial charge in [-0.2, -0.15) is 10.4 Å². The number of carbonyl (C=O) groups excluding carboxylic acids is 1. The summed E-state index contributed by atoms with van der Waals surface area (Å²) < 4.78 is 13.7. The van der Waals surface area contributed by atoms with E-state index in [-0.39, 0.29) is 17.7 Å². The number of hydrogen-bond donors (Lipinski definition) is 0. The molecule has 3 saturated heterocycles. The van der Waals surface area contributed by atoms with E-state index in [1.54, 1.807) is 0 Å². The minimum Gasteiger partial charge on any atom is -0.444 e. The topological polar surface area (TPSA) is 83.6 Å². The quantitative estimate of drug-likeness (QED) is 0.256. The largest absolute Gasteiger partial charge is 0.444 e. The van der Waals surface area contributed by atoms with E-state index in [1.807, 2.05) is 42.6 Å². The highest BCUT2D eigenvalue weighted by Gasteiger charge is 2.50. The number of amides is 1. The molecular weight excluding hydrogens is 538 g/mol. The van der Waals surface area contributed by atoms with Crippen LogP contribution in [0.4, 0.5) is 10.5 Å². The summed E-state index contributed by atoms with van der Waals surface area (Å²) in [7, 11) is 0. The molecule has 43 heavy (non-hydrogen) atoms. The van der Waals surface area contributed by atoms with E-state index in [2.05, 4.69) is 54.3 Å². The summed E-state index contributed by atoms with van der Waals surface area (Å²) in [6, 6.07) is 17.5. The van der Waals surface area contributed by atoms with Crippen LogP contribution in [0.15, 0.2) is 48.7 Å². The molecule has 3 aliphatic rings. The average Bonchev–Trinajstić information content (AvgIpc) is 3.61. The van der Waals surface area contributed by atoms with E-state index in [4.69, 9.17) is 14.6 Å². The van der Waals surface area contributed by atoms with Gasteiger partial charge in [0.15, 0.2) is 6.23 Å². The second-order valence-corrected chi connectivity index (χ2v) is 13.6. The van der Waals surface area contributed by atoms with Crippen molar-refractivity contribution in [2.24, 2.45) is 5.41 Å². The van der Waals surface area contributed by atoms with E-state index in [0.717, 1.165) is 89.4 Å². The van der Waals surface area contributed by atoms with Crippen molar-refractivity contribution >= 4 is 33.5 Å². The number of fused-ring (bicyclic) bond motifs is 2. The molecule has 4 aromatic rings. The van der Waals surface area contributed by atoms with Gasteiger partial charge in [-0.3, -0.25) is 0 Å². The van der Waals surface area contributed by atoms with E-state index >= 15 is 0 Å². The number of anilines is 1. The fourth-order valence-electron chi connectivity index (χ4n) is 7.28. The molecule has 1 atom stereocenters. The molecule has 0 saturated carbocycles. The Bertz CT molecular complexity index is 1770. The van der Waals surface area contributed by atoms with Crippen molar-refractivity contribution in [1.29, 1.82) is 5.26 Å². The van der Waals surface area contributed by atoms with Crippen LogP contribution in [-0.2, 0) is 9.47 Å². The van der Waals surface area contributed by atoms with Crippen molar-refractivity contribution in [1.82, 2.24) is 14.7 Å². The predicted octanol–water partition coefficient (Wildman–Crippen LogP) is 7.18. The molecule has 3 aliphatic heterocycles. The van der Waals surface area contributed by atoms with Crippen LogP contribution in [0.25, 0.3) is 32.8 Å². The average molecular weight is 578 g/mol. The molecular formula is C35H39N5O3. The Morgan fingerprint density at radius 3 is 2.65 bits per heavy atom. The smallest absolute Gasteiger partial charge is 0.410 e. The number of hydrogen-bond acceptors (Lipinski definition) is 6. The molecule has 8 heteroatoms. The van der Waals surface area contributed by atoms with E-state index in [9.17, 15) is 10.1 Å². The Morgan fingerprint density at radius 1 is 1.09 bits per heavy atom. The summed E-state index contributed by atoms with van der Waals surface area (Å²) in [5, 5.41) is 18.8. The van der Waals surface area contributed by atoms with Crippen molar-refractivity contribution in [2.45, 2.75) is 65.2 Å². The molecule has 1 unspecified atom stereocenters. The third kappa shape index (κ3) is 4.80. The van der Waals surface area contributed by atoms with Crippen molar-refractivity contribution < 1.29 is 14.3 Å². The van der Waals surface area contributed by atoms with Gasteiger partial charge in [-0.1, -0.05) is 30.3 Å². The van der Waals surface area contributed by atoms with Crippen LogP contribution >= 0.6 is 0 Å². The van der Waals surface area contributed by atoms with Crippen LogP contribution in [0, 0.1) is 23.7 Å². The summed E-state index contributed by atoms with van der Waals surface area (Å²) >= 11 is 0. The lowest BCUT2D eigenvalue weighted by Gasteiger charge is -2.47. The van der Waals surface area contributed by atoms with Crippen LogP contribution < -0.4 is 4.90 Å². The number of nitrogens with zero attached hydrogens (tertiary/aromatic N) is 5. The molecule has 3 fully saturated rings. The van der Waals surface area contributed by atoms with Crippen LogP contribution in [0.1, 0.15) is 63.8 Å². The van der Waals surface area contributed by atoms with Crippen molar-refractivity contribution in [2.75, 3.05) is 37.7 Å². The molecule has 1 spiro atoms. The zero-order valence-electron chi connectivity index (χ0n) is 25.5. The van der Waals surface area contributed by atoms with Crippen LogP contribution in [0.5, 0.6) is 0 Å². The van der Waals surface area contributed by atoms with Crippen LogP contribution in [0.2, 0.25) is 0 Å². The van der Waals surface area contributed by atoms with Gasteiger partial charge in [-0.15, -0.1) is 0 Å². The van der Waals surface area contributed by atoms with Crippen molar-refractivity contribution in [3.8, 4) is 17.2 Å². The lowest BCUT2D eigenvalue weighted by molar-refractivity contribution is -0.0366. The van der Waals surface area contributed by atoms with E-state index in [1.165, 1.54) is 0 Å². The van der Waals surface area contributed by atoms with Gasteiger partial charge in [0.25, 0.3) is 0 Å². The summed E-state index contributed by atoms with van der Waals surface area (Å²) in [5.41, 5.74) is 5.33. The molecule has 0 radical (unpaired) electrons. The number of aryl methyl sites for hydroxylation is 1. The first-order chi connectivity index (χ1) is 20.7. The zero-order valence-corrected chi connectivity index (χ0v) is 25.5. The first kappa shape index (κ1) is 27.7. The monoisotopic (exact) mass is 577 g/mol. The fraction of sp³-hybridized carbons (Fsp3) is 0.457. The number of carbonyl (C=O) groups is 1. The zero-order chi connectivity index (χ0) is 29.9. The second-order valence-electron chi connectivity index (χ2n) is 13.6. The van der Waals surface area contributed by atoms with Crippen LogP contribution in [0.3, 0.4) is 0 Å². The highest BCUT2D eigenvalue weighted by molar-refractivity contribution is 6.10. The maximum absolute atomic E-state index is 12.7. The third-order valence-corrected chi connectivity index (χ3v) is 9.29. The fourth-order valence-corrected chi connectivity index (χ4v) is 7.28. The number of ether oxygens (including phenoxy) is 2. The summed E-state index contributed by atoms with van der Waals surface area (Å²) in [6.45, 7) is 11.6. The Balaban J connectivity index is 1.29. The van der Waals surface area contributed by atoms with Gasteiger partial charge < -0.3 is 19.3 Å². The molecule has 222 valence electrons. The molecule has 0 N–H and O–H groups in total. The summed E-state index contributed by atoms with van der Waals surface area (Å²) in [6.07, 6.45) is 5.77. The molecule has 0 aliphatic carbocycles. The predicted molar refractivity (Wildman–Crippen MR) is 168 cm³/mol. The van der Waals surface area contributed by atoms with Gasteiger partial charge in [0.2, 0.25) is 0 Å². The normalized spacial score (nSPS) is 20.0. The summed E-state index contributed by atoms with van der Waals surface area (Å²) in [4.78, 5) is 16.8. The number of aromatic nitrogens is 2. The van der Waals surface area contributed by atoms with Gasteiger partial charge in [0.1, 0.15) is 11.7 Å². The molecule has 4 heterocycles. The maximum atomic E-state index is 12.7. The van der Waals surface area contributed by atoms with Crippen LogP contribution in [-0.4, -0.2) is 59.2 Å². The van der Waals surface area contributed by atoms with Gasteiger partial charge in [-0.25, -0.2) is 9.48 Å². The molecule has 1 aromatic heterocycles. The van der Waals surface area contributed by atoms with Gasteiger partial charge >= 0.3 is 6.09 Å². The highest BCUT2D eigenvalue weighted by atomic mass is 16.6. The minimum atomic E-state index is -0.508. The number of nitriles is 1. The summed E-state index contributed by atoms with van der Waals surface area (Å²) in [5.74, 6) is 0. The van der Waals surface area contributed by atoms with Gasteiger partial charge in [0.05, 0.1) is 23.0 Å². The van der Waals surface area contributed by atoms with Crippen molar-refractivity contribution in [3.05, 3.63) is 59.8 Å². The van der Waals surface area contributed by atoms with Crippen molar-refractivity contribution in [3.63, 3.8) is 0 Å².